The number of nitriles is 1. The number of terminal acetylenes is 1. The monoisotopic (exact) mass is 448 g/mol. The first kappa shape index (κ1) is 28.9. The summed E-state index contributed by atoms with van der Waals surface area (Å²) in [5, 5.41) is 25.2. The van der Waals surface area contributed by atoms with Crippen molar-refractivity contribution in [2.75, 3.05) is 26.5 Å². The van der Waals surface area contributed by atoms with Gasteiger partial charge >= 0.3 is 0 Å². The summed E-state index contributed by atoms with van der Waals surface area (Å²) < 4.78 is 0. The maximum absolute atomic E-state index is 11.9. The Morgan fingerprint density at radius 3 is 2.21 bits per heavy atom. The van der Waals surface area contributed by atoms with E-state index >= 15 is 0 Å². The predicted molar refractivity (Wildman–Crippen MR) is 133 cm³/mol. The Labute approximate surface area is 196 Å². The molecule has 0 aliphatic heterocycles. The van der Waals surface area contributed by atoms with Crippen molar-refractivity contribution in [2.45, 2.75) is 26.8 Å². The van der Waals surface area contributed by atoms with Crippen LogP contribution in [0.5, 0.6) is 5.75 Å². The lowest BCUT2D eigenvalue weighted by Gasteiger charge is -2.25. The fourth-order valence-corrected chi connectivity index (χ4v) is 2.54. The zero-order chi connectivity index (χ0) is 25.4. The molecule has 7 heteroatoms. The molecule has 2 aromatic rings. The van der Waals surface area contributed by atoms with Crippen molar-refractivity contribution in [2.24, 2.45) is 0 Å². The van der Waals surface area contributed by atoms with Gasteiger partial charge in [-0.1, -0.05) is 44.2 Å². The number of benzene rings is 2. The minimum atomic E-state index is -0.288. The van der Waals surface area contributed by atoms with Crippen LogP contribution in [0.2, 0.25) is 0 Å². The number of hydrogen-bond donors (Lipinski definition) is 3. The number of ketones is 1. The quantitative estimate of drug-likeness (QED) is 0.349. The van der Waals surface area contributed by atoms with Crippen LogP contribution in [-0.4, -0.2) is 43.2 Å². The normalized spacial score (nSPS) is 11.2. The molecule has 0 atom stereocenters. The van der Waals surface area contributed by atoms with Crippen molar-refractivity contribution in [3.63, 3.8) is 0 Å². The van der Waals surface area contributed by atoms with E-state index in [9.17, 15) is 14.7 Å². The number of carbonyl (C=O) groups is 2. The largest absolute Gasteiger partial charge is 0.505 e. The van der Waals surface area contributed by atoms with E-state index in [-0.39, 0.29) is 34.8 Å². The number of carbonyl (C=O) groups excluding carboxylic acids is 2. The third-order valence-corrected chi connectivity index (χ3v) is 3.92. The van der Waals surface area contributed by atoms with Gasteiger partial charge in [-0.15, -0.1) is 12.8 Å². The summed E-state index contributed by atoms with van der Waals surface area (Å²) >= 11 is 0. The molecule has 0 saturated carbocycles. The molecule has 0 fully saturated rings. The summed E-state index contributed by atoms with van der Waals surface area (Å²) in [7, 11) is 6.00. The number of hydrogen-bond acceptors (Lipinski definition) is 7. The Bertz CT molecular complexity index is 1000. The second-order valence-corrected chi connectivity index (χ2v) is 6.95. The Morgan fingerprint density at radius 1 is 1.15 bits per heavy atom. The van der Waals surface area contributed by atoms with Crippen molar-refractivity contribution < 1.29 is 14.7 Å². The fourth-order valence-electron chi connectivity index (χ4n) is 2.54. The summed E-state index contributed by atoms with van der Waals surface area (Å²) in [6, 6.07) is 14.3. The molecule has 0 saturated heterocycles. The molecule has 7 nitrogen and oxygen atoms in total. The van der Waals surface area contributed by atoms with Crippen molar-refractivity contribution in [3.8, 4) is 24.7 Å². The number of nitrogens with zero attached hydrogens (tertiary/aromatic N) is 2. The molecule has 1 aliphatic carbocycles. The van der Waals surface area contributed by atoms with Gasteiger partial charge in [0.2, 0.25) is 0 Å². The first-order chi connectivity index (χ1) is 15.8. The highest BCUT2D eigenvalue weighted by molar-refractivity contribution is 6.07. The van der Waals surface area contributed by atoms with E-state index < -0.39 is 0 Å². The van der Waals surface area contributed by atoms with Crippen LogP contribution in [0.1, 0.15) is 41.8 Å². The average molecular weight is 449 g/mol. The van der Waals surface area contributed by atoms with E-state index in [0.717, 1.165) is 11.3 Å². The first-order valence-electron chi connectivity index (χ1n) is 10.3. The molecule has 0 amide bonds. The number of phenols is 1. The molecule has 1 aliphatic rings. The number of rotatable bonds is 6. The summed E-state index contributed by atoms with van der Waals surface area (Å²) in [6.45, 7) is 4.57. The van der Waals surface area contributed by atoms with Crippen molar-refractivity contribution >= 4 is 17.8 Å². The predicted octanol–water partition coefficient (Wildman–Crippen LogP) is 3.92. The minimum absolute atomic E-state index is 0.00674. The van der Waals surface area contributed by atoms with E-state index in [1.54, 1.807) is 0 Å². The number of allylic oxidation sites excluding steroid dienone is 2. The smallest absolute Gasteiger partial charge is 0.186 e. The third kappa shape index (κ3) is 9.30. The standard InChI is InChI=1S/C19H15N3O3.C3H9N.C2H6.C2H2/c20-9-13-6-14(11-23)19(25)16(7-13)22-18-15(8-17(18)24)21-10-12-4-2-1-3-5-12;1-4(2)3;2*1-2/h1-7,11,21-22,25H,8,10H2;1-3H3;1-2H3;1-2H. The van der Waals surface area contributed by atoms with Gasteiger partial charge in [-0.05, 0) is 38.8 Å². The second kappa shape index (κ2) is 15.7. The Hall–Kier alpha value is -4.07. The average Bonchev–Trinajstić information content (AvgIpc) is 2.83. The van der Waals surface area contributed by atoms with Crippen LogP contribution in [-0.2, 0) is 11.3 Å². The maximum atomic E-state index is 11.9. The summed E-state index contributed by atoms with van der Waals surface area (Å²) in [4.78, 5) is 24.9. The molecule has 0 aromatic heterocycles. The molecular formula is C26H32N4O3. The molecule has 33 heavy (non-hydrogen) atoms. The fraction of sp³-hybridized carbons (Fsp3) is 0.269. The van der Waals surface area contributed by atoms with Crippen LogP contribution < -0.4 is 10.6 Å². The van der Waals surface area contributed by atoms with Crippen molar-refractivity contribution in [3.05, 3.63) is 70.5 Å². The van der Waals surface area contributed by atoms with E-state index in [2.05, 4.69) is 23.5 Å². The SMILES string of the molecule is C#C.CC.CN(C)C.N#Cc1cc(C=O)c(O)c(NC2=C(NCc3ccccc3)CC2=O)c1. The number of nitrogens with one attached hydrogen (secondary N) is 2. The van der Waals surface area contributed by atoms with Crippen LogP contribution in [0.15, 0.2) is 53.9 Å². The molecule has 0 spiro atoms. The van der Waals surface area contributed by atoms with Gasteiger partial charge in [0.15, 0.2) is 12.1 Å². The zero-order valence-corrected chi connectivity index (χ0v) is 19.8. The molecule has 0 heterocycles. The van der Waals surface area contributed by atoms with Gasteiger partial charge in [-0.25, -0.2) is 0 Å². The van der Waals surface area contributed by atoms with Gasteiger partial charge in [-0.2, -0.15) is 5.26 Å². The van der Waals surface area contributed by atoms with Crippen LogP contribution >= 0.6 is 0 Å². The molecule has 174 valence electrons. The minimum Gasteiger partial charge on any atom is -0.505 e. The van der Waals surface area contributed by atoms with E-state index in [0.29, 0.717) is 18.5 Å². The molecule has 3 rings (SSSR count). The van der Waals surface area contributed by atoms with Crippen LogP contribution in [0.3, 0.4) is 0 Å². The Morgan fingerprint density at radius 2 is 1.73 bits per heavy atom. The number of aldehydes is 1. The van der Waals surface area contributed by atoms with Gasteiger partial charge in [-0.3, -0.25) is 9.59 Å². The zero-order valence-electron chi connectivity index (χ0n) is 19.8. The maximum Gasteiger partial charge on any atom is 0.186 e. The number of phenolic OH excluding ortho intramolecular Hbond substituents is 1. The van der Waals surface area contributed by atoms with Crippen molar-refractivity contribution in [1.29, 1.82) is 5.26 Å². The van der Waals surface area contributed by atoms with E-state index in [4.69, 9.17) is 5.26 Å². The molecule has 0 radical (unpaired) electrons. The van der Waals surface area contributed by atoms with E-state index in [1.807, 2.05) is 76.3 Å². The highest BCUT2D eigenvalue weighted by Crippen LogP contribution is 2.32. The molecule has 0 bridgehead atoms. The molecule has 2 aromatic carbocycles. The van der Waals surface area contributed by atoms with Gasteiger partial charge in [0.1, 0.15) is 11.4 Å². The third-order valence-electron chi connectivity index (χ3n) is 3.92. The highest BCUT2D eigenvalue weighted by Gasteiger charge is 2.28. The van der Waals surface area contributed by atoms with Crippen molar-refractivity contribution in [1.82, 2.24) is 10.2 Å². The van der Waals surface area contributed by atoms with Gasteiger partial charge in [0.25, 0.3) is 0 Å². The molecule has 3 N–H and O–H groups in total. The topological polar surface area (TPSA) is 105 Å². The first-order valence-corrected chi connectivity index (χ1v) is 10.3. The Balaban J connectivity index is 0.00000113. The second-order valence-electron chi connectivity index (χ2n) is 6.95. The lowest BCUT2D eigenvalue weighted by molar-refractivity contribution is -0.116. The number of anilines is 1. The van der Waals surface area contributed by atoms with Gasteiger partial charge in [0.05, 0.1) is 29.3 Å². The molecular weight excluding hydrogens is 416 g/mol. The highest BCUT2D eigenvalue weighted by atomic mass is 16.3. The summed E-state index contributed by atoms with van der Waals surface area (Å²) in [5.41, 5.74) is 2.50. The van der Waals surface area contributed by atoms with Crippen LogP contribution in [0, 0.1) is 24.2 Å². The lowest BCUT2D eigenvalue weighted by Crippen LogP contribution is -2.32. The summed E-state index contributed by atoms with van der Waals surface area (Å²) in [6.07, 6.45) is 8.74. The van der Waals surface area contributed by atoms with Gasteiger partial charge in [0, 0.05) is 12.2 Å². The van der Waals surface area contributed by atoms with Gasteiger partial charge < -0.3 is 20.6 Å². The molecule has 0 unspecified atom stereocenters. The lowest BCUT2D eigenvalue weighted by atomic mass is 9.97. The summed E-state index contributed by atoms with van der Waals surface area (Å²) in [5.74, 6) is -0.395. The number of Topliss-reactive ketones (excluding diaryl/α,β-unsaturated/α-hetero) is 1. The van der Waals surface area contributed by atoms with Crippen LogP contribution in [0.4, 0.5) is 5.69 Å². The number of aromatic hydroxyl groups is 1. The van der Waals surface area contributed by atoms with Crippen LogP contribution in [0.25, 0.3) is 0 Å². The van der Waals surface area contributed by atoms with E-state index in [1.165, 1.54) is 12.1 Å². The Kier molecular flexibility index (Phi) is 13.8.